The summed E-state index contributed by atoms with van der Waals surface area (Å²) < 4.78 is 33.3. The molecule has 0 fully saturated rings. The number of rotatable bonds is 9. The fourth-order valence-corrected chi connectivity index (χ4v) is 3.67. The molecule has 37 heavy (non-hydrogen) atoms. The summed E-state index contributed by atoms with van der Waals surface area (Å²) in [5.74, 6) is 0.493. The van der Waals surface area contributed by atoms with Gasteiger partial charge in [0.1, 0.15) is 12.3 Å². The number of anilines is 1. The molecule has 0 saturated carbocycles. The molecule has 0 saturated heterocycles. The third-order valence-corrected chi connectivity index (χ3v) is 5.57. The van der Waals surface area contributed by atoms with Gasteiger partial charge < -0.3 is 26.8 Å². The first kappa shape index (κ1) is 26.9. The van der Waals surface area contributed by atoms with Crippen LogP contribution in [-0.2, 0) is 0 Å². The lowest BCUT2D eigenvalue weighted by Crippen LogP contribution is -2.28. The Morgan fingerprint density at radius 3 is 2.65 bits per heavy atom. The summed E-state index contributed by atoms with van der Waals surface area (Å²) in [6.07, 6.45) is 1.83. The van der Waals surface area contributed by atoms with Gasteiger partial charge in [0.05, 0.1) is 35.3 Å². The van der Waals surface area contributed by atoms with Gasteiger partial charge in [-0.3, -0.25) is 4.98 Å². The van der Waals surface area contributed by atoms with Gasteiger partial charge in [-0.2, -0.15) is 10.2 Å². The second kappa shape index (κ2) is 11.8. The smallest absolute Gasteiger partial charge is 0.280 e. The zero-order valence-electron chi connectivity index (χ0n) is 20.7. The predicted octanol–water partition coefficient (Wildman–Crippen LogP) is 3.80. The molecule has 11 heteroatoms. The highest BCUT2D eigenvalue weighted by Gasteiger charge is 2.23. The summed E-state index contributed by atoms with van der Waals surface area (Å²) in [5, 5.41) is 9.53. The number of nitrogens with two attached hydrogens (primary N) is 3. The van der Waals surface area contributed by atoms with E-state index in [1.54, 1.807) is 62.2 Å². The van der Waals surface area contributed by atoms with Gasteiger partial charge >= 0.3 is 0 Å². The number of aromatic nitrogens is 3. The number of hydrogen-bond donors (Lipinski definition) is 3. The van der Waals surface area contributed by atoms with E-state index in [0.717, 1.165) is 0 Å². The Labute approximate surface area is 213 Å². The van der Waals surface area contributed by atoms with E-state index in [9.17, 15) is 14.0 Å². The molecule has 0 aliphatic rings. The van der Waals surface area contributed by atoms with Gasteiger partial charge in [0.25, 0.3) is 6.43 Å². The van der Waals surface area contributed by atoms with Gasteiger partial charge in [0, 0.05) is 18.3 Å². The van der Waals surface area contributed by atoms with Crippen LogP contribution in [0, 0.1) is 25.2 Å². The molecule has 192 valence electrons. The number of ether oxygens (including phenoxy) is 1. The van der Waals surface area contributed by atoms with E-state index in [2.05, 4.69) is 21.0 Å². The first-order chi connectivity index (χ1) is 17.7. The minimum Gasteiger partial charge on any atom is -0.475 e. The number of likely N-dealkylation sites (N-methyl/N-ethyl adjacent to an activating group) is 1. The standard InChI is InChI=1S/C26H28F2N8O/c1-15-12-18(13-20(33-15)24(27)28)22-23(19-7-4-6-17(14-30)16(19)2)34-26(32)35-25(22)37-11-10-36(3)21(31)8-5-9-29/h4-9,12-13,24H,10-11,29,31H2,1-3H3,(H2,32,34,35)/b9-5-,21-8+. The molecule has 0 unspecified atom stereocenters. The second-order valence-electron chi connectivity index (χ2n) is 8.17. The van der Waals surface area contributed by atoms with Crippen molar-refractivity contribution in [2.45, 2.75) is 20.3 Å². The Morgan fingerprint density at radius 1 is 1.22 bits per heavy atom. The Kier molecular flexibility index (Phi) is 8.58. The third kappa shape index (κ3) is 6.29. The molecule has 1 aromatic carbocycles. The van der Waals surface area contributed by atoms with E-state index in [4.69, 9.17) is 21.9 Å². The lowest BCUT2D eigenvalue weighted by Gasteiger charge is -2.21. The van der Waals surface area contributed by atoms with Crippen LogP contribution >= 0.6 is 0 Å². The summed E-state index contributed by atoms with van der Waals surface area (Å²) in [6, 6.07) is 10.2. The van der Waals surface area contributed by atoms with E-state index in [-0.39, 0.29) is 18.4 Å². The molecule has 0 atom stereocenters. The summed E-state index contributed by atoms with van der Waals surface area (Å²) >= 11 is 0. The van der Waals surface area contributed by atoms with E-state index in [1.165, 1.54) is 12.3 Å². The Hall–Kier alpha value is -4.72. The van der Waals surface area contributed by atoms with Crippen LogP contribution in [0.3, 0.4) is 0 Å². The lowest BCUT2D eigenvalue weighted by atomic mass is 9.94. The average Bonchev–Trinajstić information content (AvgIpc) is 2.86. The molecule has 9 nitrogen and oxygen atoms in total. The molecule has 3 aromatic rings. The maximum Gasteiger partial charge on any atom is 0.280 e. The van der Waals surface area contributed by atoms with Crippen molar-refractivity contribution in [3.8, 4) is 34.3 Å². The molecule has 0 amide bonds. The van der Waals surface area contributed by atoms with Crippen molar-refractivity contribution in [2.24, 2.45) is 11.5 Å². The van der Waals surface area contributed by atoms with E-state index in [1.807, 2.05) is 0 Å². The normalized spacial score (nSPS) is 11.6. The van der Waals surface area contributed by atoms with E-state index >= 15 is 0 Å². The molecular formula is C26H28F2N8O. The molecule has 0 aliphatic heterocycles. The number of nitrogens with zero attached hydrogens (tertiary/aromatic N) is 5. The molecule has 0 aliphatic carbocycles. The van der Waals surface area contributed by atoms with Crippen LogP contribution in [0.25, 0.3) is 22.4 Å². The monoisotopic (exact) mass is 506 g/mol. The average molecular weight is 507 g/mol. The molecule has 2 heterocycles. The molecule has 6 N–H and O–H groups in total. The number of halogens is 2. The van der Waals surface area contributed by atoms with Crippen LogP contribution in [0.2, 0.25) is 0 Å². The molecule has 0 bridgehead atoms. The van der Waals surface area contributed by atoms with Crippen molar-refractivity contribution in [1.29, 1.82) is 5.26 Å². The van der Waals surface area contributed by atoms with Crippen molar-refractivity contribution < 1.29 is 13.5 Å². The highest BCUT2D eigenvalue weighted by atomic mass is 19.3. The van der Waals surface area contributed by atoms with Crippen molar-refractivity contribution >= 4 is 5.95 Å². The number of benzene rings is 1. The van der Waals surface area contributed by atoms with E-state index in [0.29, 0.717) is 51.6 Å². The number of alkyl halides is 2. The minimum atomic E-state index is -2.78. The summed E-state index contributed by atoms with van der Waals surface area (Å²) in [7, 11) is 1.78. The Bertz CT molecular complexity index is 1380. The van der Waals surface area contributed by atoms with Crippen molar-refractivity contribution in [3.63, 3.8) is 0 Å². The van der Waals surface area contributed by atoms with Gasteiger partial charge in [-0.15, -0.1) is 0 Å². The number of nitrogen functional groups attached to an aromatic ring is 1. The van der Waals surface area contributed by atoms with Crippen LogP contribution in [0.15, 0.2) is 54.5 Å². The Balaban J connectivity index is 2.16. The number of pyridine rings is 1. The van der Waals surface area contributed by atoms with Gasteiger partial charge in [-0.25, -0.2) is 13.8 Å². The van der Waals surface area contributed by atoms with Crippen molar-refractivity contribution in [3.05, 3.63) is 77.0 Å². The van der Waals surface area contributed by atoms with Gasteiger partial charge in [-0.1, -0.05) is 12.1 Å². The number of allylic oxidation sites excluding steroid dienone is 2. The van der Waals surface area contributed by atoms with Gasteiger partial charge in [-0.05, 0) is 61.5 Å². The highest BCUT2D eigenvalue weighted by Crippen LogP contribution is 2.40. The quantitative estimate of drug-likeness (QED) is 0.368. The molecular weight excluding hydrogens is 478 g/mol. The SMILES string of the molecule is Cc1cc(-c2c(OCCN(C)/C(N)=C/C=C\N)nc(N)nc2-c2cccc(C#N)c2C)cc(C(F)F)n1. The second-order valence-corrected chi connectivity index (χ2v) is 8.17. The van der Waals surface area contributed by atoms with Gasteiger partial charge in [0.15, 0.2) is 0 Å². The van der Waals surface area contributed by atoms with Crippen LogP contribution in [0.4, 0.5) is 14.7 Å². The third-order valence-electron chi connectivity index (χ3n) is 5.57. The molecule has 0 radical (unpaired) electrons. The Morgan fingerprint density at radius 2 is 1.97 bits per heavy atom. The predicted molar refractivity (Wildman–Crippen MR) is 138 cm³/mol. The molecule has 2 aromatic heterocycles. The highest BCUT2D eigenvalue weighted by molar-refractivity contribution is 5.86. The number of aryl methyl sites for hydroxylation is 1. The molecule has 0 spiro atoms. The lowest BCUT2D eigenvalue weighted by molar-refractivity contribution is 0.146. The first-order valence-electron chi connectivity index (χ1n) is 11.3. The maximum atomic E-state index is 13.6. The van der Waals surface area contributed by atoms with Gasteiger partial charge in [0.2, 0.25) is 11.8 Å². The maximum absolute atomic E-state index is 13.6. The fraction of sp³-hybridized carbons (Fsp3) is 0.231. The van der Waals surface area contributed by atoms with E-state index < -0.39 is 12.1 Å². The fourth-order valence-electron chi connectivity index (χ4n) is 3.67. The van der Waals surface area contributed by atoms with Crippen molar-refractivity contribution in [2.75, 3.05) is 25.9 Å². The summed E-state index contributed by atoms with van der Waals surface area (Å²) in [6.45, 7) is 3.91. The van der Waals surface area contributed by atoms with Crippen LogP contribution in [0.1, 0.15) is 28.9 Å². The zero-order valence-corrected chi connectivity index (χ0v) is 20.7. The number of hydrogen-bond acceptors (Lipinski definition) is 9. The van der Waals surface area contributed by atoms with Crippen LogP contribution in [-0.4, -0.2) is 40.1 Å². The van der Waals surface area contributed by atoms with Crippen molar-refractivity contribution in [1.82, 2.24) is 19.9 Å². The van der Waals surface area contributed by atoms with Crippen LogP contribution < -0.4 is 21.9 Å². The largest absolute Gasteiger partial charge is 0.475 e. The molecule has 3 rings (SSSR count). The summed E-state index contributed by atoms with van der Waals surface area (Å²) in [4.78, 5) is 14.4. The topological polar surface area (TPSA) is 153 Å². The zero-order chi connectivity index (χ0) is 27.1. The number of nitriles is 1. The summed E-state index contributed by atoms with van der Waals surface area (Å²) in [5.41, 5.74) is 20.2. The van der Waals surface area contributed by atoms with Crippen LogP contribution in [0.5, 0.6) is 5.88 Å². The minimum absolute atomic E-state index is 0.0729. The first-order valence-corrected chi connectivity index (χ1v) is 11.3.